The SMILES string of the molecule is CN(c1ccc(F)c2ncccc12)C1CCNC1.Cl. The first-order valence-corrected chi connectivity index (χ1v) is 6.24. The summed E-state index contributed by atoms with van der Waals surface area (Å²) in [6.07, 6.45) is 2.75. The van der Waals surface area contributed by atoms with Crippen molar-refractivity contribution in [3.8, 4) is 0 Å². The first-order chi connectivity index (χ1) is 8.77. The Hall–Kier alpha value is -1.39. The van der Waals surface area contributed by atoms with Crippen LogP contribution in [0.25, 0.3) is 10.9 Å². The average molecular weight is 282 g/mol. The molecule has 19 heavy (non-hydrogen) atoms. The summed E-state index contributed by atoms with van der Waals surface area (Å²) in [6.45, 7) is 2.03. The maximum Gasteiger partial charge on any atom is 0.149 e. The highest BCUT2D eigenvalue weighted by molar-refractivity contribution is 5.92. The van der Waals surface area contributed by atoms with E-state index in [9.17, 15) is 4.39 Å². The number of anilines is 1. The van der Waals surface area contributed by atoms with Crippen molar-refractivity contribution in [1.82, 2.24) is 10.3 Å². The van der Waals surface area contributed by atoms with Crippen molar-refractivity contribution in [1.29, 1.82) is 0 Å². The molecule has 1 atom stereocenters. The third-order valence-corrected chi connectivity index (χ3v) is 3.66. The van der Waals surface area contributed by atoms with Gasteiger partial charge in [0, 0.05) is 36.9 Å². The number of pyridine rings is 1. The molecule has 1 aliphatic rings. The van der Waals surface area contributed by atoms with Gasteiger partial charge in [0.15, 0.2) is 0 Å². The van der Waals surface area contributed by atoms with Crippen molar-refractivity contribution < 1.29 is 4.39 Å². The lowest BCUT2D eigenvalue weighted by atomic mass is 10.1. The zero-order valence-corrected chi connectivity index (χ0v) is 11.6. The molecule has 1 aromatic carbocycles. The highest BCUT2D eigenvalue weighted by Crippen LogP contribution is 2.28. The fourth-order valence-corrected chi connectivity index (χ4v) is 2.60. The first-order valence-electron chi connectivity index (χ1n) is 6.24. The van der Waals surface area contributed by atoms with Crippen LogP contribution in [-0.4, -0.2) is 31.2 Å². The van der Waals surface area contributed by atoms with Crippen molar-refractivity contribution in [3.05, 3.63) is 36.3 Å². The minimum Gasteiger partial charge on any atom is -0.370 e. The summed E-state index contributed by atoms with van der Waals surface area (Å²) in [5.41, 5.74) is 1.50. The summed E-state index contributed by atoms with van der Waals surface area (Å²) in [4.78, 5) is 6.36. The Labute approximate surface area is 118 Å². The molecule has 5 heteroatoms. The van der Waals surface area contributed by atoms with Crippen LogP contribution in [0, 0.1) is 5.82 Å². The van der Waals surface area contributed by atoms with Gasteiger partial charge in [0.2, 0.25) is 0 Å². The molecule has 0 amide bonds. The van der Waals surface area contributed by atoms with Crippen LogP contribution >= 0.6 is 12.4 Å². The van der Waals surface area contributed by atoms with Gasteiger partial charge in [-0.3, -0.25) is 4.98 Å². The predicted molar refractivity (Wildman–Crippen MR) is 78.6 cm³/mol. The molecule has 0 aliphatic carbocycles. The number of nitrogens with zero attached hydrogens (tertiary/aromatic N) is 2. The molecular weight excluding hydrogens is 265 g/mol. The minimum absolute atomic E-state index is 0. The van der Waals surface area contributed by atoms with Crippen LogP contribution in [0.3, 0.4) is 0 Å². The topological polar surface area (TPSA) is 28.2 Å². The zero-order valence-electron chi connectivity index (χ0n) is 10.8. The Morgan fingerprint density at radius 3 is 2.95 bits per heavy atom. The summed E-state index contributed by atoms with van der Waals surface area (Å²) < 4.78 is 13.7. The van der Waals surface area contributed by atoms with Gasteiger partial charge in [-0.15, -0.1) is 12.4 Å². The summed E-state index contributed by atoms with van der Waals surface area (Å²) in [6, 6.07) is 7.60. The molecule has 0 saturated carbocycles. The largest absolute Gasteiger partial charge is 0.370 e. The van der Waals surface area contributed by atoms with Crippen molar-refractivity contribution in [2.45, 2.75) is 12.5 Å². The normalized spacial score (nSPS) is 18.3. The smallest absolute Gasteiger partial charge is 0.149 e. The molecule has 1 N–H and O–H groups in total. The van der Waals surface area contributed by atoms with Crippen molar-refractivity contribution in [3.63, 3.8) is 0 Å². The second-order valence-electron chi connectivity index (χ2n) is 4.72. The molecule has 2 heterocycles. The Morgan fingerprint density at radius 1 is 1.37 bits per heavy atom. The lowest BCUT2D eigenvalue weighted by Crippen LogP contribution is -2.33. The third kappa shape index (κ3) is 2.51. The van der Waals surface area contributed by atoms with E-state index in [-0.39, 0.29) is 18.2 Å². The van der Waals surface area contributed by atoms with Crippen LogP contribution in [0.2, 0.25) is 0 Å². The highest BCUT2D eigenvalue weighted by Gasteiger charge is 2.21. The summed E-state index contributed by atoms with van der Waals surface area (Å²) >= 11 is 0. The van der Waals surface area contributed by atoms with Gasteiger partial charge >= 0.3 is 0 Å². The Bertz CT molecular complexity index is 570. The molecule has 0 radical (unpaired) electrons. The molecule has 1 unspecified atom stereocenters. The summed E-state index contributed by atoms with van der Waals surface area (Å²) in [5, 5.41) is 4.23. The number of aromatic nitrogens is 1. The van der Waals surface area contributed by atoms with Crippen LogP contribution in [0.5, 0.6) is 0 Å². The third-order valence-electron chi connectivity index (χ3n) is 3.66. The van der Waals surface area contributed by atoms with Crippen LogP contribution in [0.1, 0.15) is 6.42 Å². The monoisotopic (exact) mass is 281 g/mol. The maximum atomic E-state index is 13.7. The van der Waals surface area contributed by atoms with Gasteiger partial charge in [0.25, 0.3) is 0 Å². The van der Waals surface area contributed by atoms with E-state index in [1.54, 1.807) is 6.20 Å². The standard InChI is InChI=1S/C14H16FN3.ClH/c1-18(10-6-8-16-9-10)13-5-4-12(15)14-11(13)3-2-7-17-14;/h2-5,7,10,16H,6,8-9H2,1H3;1H. The highest BCUT2D eigenvalue weighted by atomic mass is 35.5. The zero-order chi connectivity index (χ0) is 12.5. The first kappa shape index (κ1) is 14.0. The number of nitrogens with one attached hydrogen (secondary N) is 1. The Morgan fingerprint density at radius 2 is 2.21 bits per heavy atom. The van der Waals surface area contributed by atoms with Gasteiger partial charge in [0.1, 0.15) is 11.3 Å². The predicted octanol–water partition coefficient (Wildman–Crippen LogP) is 2.59. The molecule has 3 rings (SSSR count). The molecular formula is C14H17ClFN3. The van der Waals surface area contributed by atoms with Gasteiger partial charge < -0.3 is 10.2 Å². The van der Waals surface area contributed by atoms with Crippen molar-refractivity contribution in [2.24, 2.45) is 0 Å². The van der Waals surface area contributed by atoms with Crippen LogP contribution in [-0.2, 0) is 0 Å². The Kier molecular flexibility index (Phi) is 4.22. The van der Waals surface area contributed by atoms with E-state index < -0.39 is 0 Å². The number of likely N-dealkylation sites (N-methyl/N-ethyl adjacent to an activating group) is 1. The van der Waals surface area contributed by atoms with E-state index in [1.165, 1.54) is 6.07 Å². The minimum atomic E-state index is -0.257. The molecule has 1 saturated heterocycles. The maximum absolute atomic E-state index is 13.7. The van der Waals surface area contributed by atoms with Crippen LogP contribution in [0.15, 0.2) is 30.5 Å². The van der Waals surface area contributed by atoms with Crippen LogP contribution in [0.4, 0.5) is 10.1 Å². The lowest BCUT2D eigenvalue weighted by molar-refractivity contribution is 0.635. The van der Waals surface area contributed by atoms with E-state index in [0.717, 1.165) is 30.6 Å². The van der Waals surface area contributed by atoms with Crippen molar-refractivity contribution in [2.75, 3.05) is 25.0 Å². The number of benzene rings is 1. The molecule has 1 aliphatic heterocycles. The Balaban J connectivity index is 0.00000133. The molecule has 0 bridgehead atoms. The summed E-state index contributed by atoms with van der Waals surface area (Å²) in [7, 11) is 2.07. The second-order valence-corrected chi connectivity index (χ2v) is 4.72. The quantitative estimate of drug-likeness (QED) is 0.917. The number of rotatable bonds is 2. The van der Waals surface area contributed by atoms with E-state index in [0.29, 0.717) is 11.6 Å². The van der Waals surface area contributed by atoms with Gasteiger partial charge in [-0.25, -0.2) is 4.39 Å². The van der Waals surface area contributed by atoms with E-state index in [2.05, 4.69) is 22.2 Å². The van der Waals surface area contributed by atoms with E-state index in [4.69, 9.17) is 0 Å². The van der Waals surface area contributed by atoms with E-state index in [1.807, 2.05) is 18.2 Å². The number of hydrogen-bond acceptors (Lipinski definition) is 3. The van der Waals surface area contributed by atoms with Gasteiger partial charge in [-0.1, -0.05) is 0 Å². The molecule has 2 aromatic rings. The summed E-state index contributed by atoms with van der Waals surface area (Å²) in [5.74, 6) is -0.257. The average Bonchev–Trinajstić information content (AvgIpc) is 2.93. The number of halogens is 2. The molecule has 1 fully saturated rings. The molecule has 1 aromatic heterocycles. The van der Waals surface area contributed by atoms with E-state index >= 15 is 0 Å². The van der Waals surface area contributed by atoms with Gasteiger partial charge in [-0.2, -0.15) is 0 Å². The molecule has 3 nitrogen and oxygen atoms in total. The second kappa shape index (κ2) is 5.72. The van der Waals surface area contributed by atoms with Crippen molar-refractivity contribution >= 4 is 29.0 Å². The molecule has 102 valence electrons. The number of hydrogen-bond donors (Lipinski definition) is 1. The van der Waals surface area contributed by atoms with Crippen LogP contribution < -0.4 is 10.2 Å². The van der Waals surface area contributed by atoms with Gasteiger partial charge in [-0.05, 0) is 37.2 Å². The lowest BCUT2D eigenvalue weighted by Gasteiger charge is -2.27. The number of fused-ring (bicyclic) bond motifs is 1. The fourth-order valence-electron chi connectivity index (χ4n) is 2.60. The molecule has 0 spiro atoms. The van der Waals surface area contributed by atoms with Gasteiger partial charge in [0.05, 0.1) is 0 Å². The fraction of sp³-hybridized carbons (Fsp3) is 0.357.